The van der Waals surface area contributed by atoms with Gasteiger partial charge in [0.25, 0.3) is 5.91 Å². The molecule has 0 aromatic heterocycles. The molecule has 0 radical (unpaired) electrons. The molecule has 0 heterocycles. The van der Waals surface area contributed by atoms with Crippen molar-refractivity contribution in [3.05, 3.63) is 42.5 Å². The van der Waals surface area contributed by atoms with Gasteiger partial charge in [-0.1, -0.05) is 25.1 Å². The predicted octanol–water partition coefficient (Wildman–Crippen LogP) is 2.71. The Labute approximate surface area is 131 Å². The summed E-state index contributed by atoms with van der Waals surface area (Å²) in [6, 6.07) is 7.54. The van der Waals surface area contributed by atoms with Gasteiger partial charge in [0, 0.05) is 5.69 Å². The van der Waals surface area contributed by atoms with Gasteiger partial charge in [0.1, 0.15) is 0 Å². The predicted molar refractivity (Wildman–Crippen MR) is 85.6 cm³/mol. The average Bonchev–Trinajstić information content (AvgIpc) is 2.52. The zero-order chi connectivity index (χ0) is 16.5. The molecule has 0 saturated carbocycles. The maximum absolute atomic E-state index is 12.0. The lowest BCUT2D eigenvalue weighted by molar-refractivity contribution is -0.163. The van der Waals surface area contributed by atoms with E-state index in [2.05, 4.69) is 11.9 Å². The monoisotopic (exact) mass is 305 g/mol. The Morgan fingerprint density at radius 3 is 2.68 bits per heavy atom. The molecule has 1 amide bonds. The van der Waals surface area contributed by atoms with Gasteiger partial charge in [0.2, 0.25) is 0 Å². The molecule has 1 aromatic rings. The molecule has 0 fully saturated rings. The van der Waals surface area contributed by atoms with E-state index in [9.17, 15) is 9.59 Å². The Morgan fingerprint density at radius 2 is 2.05 bits per heavy atom. The van der Waals surface area contributed by atoms with Gasteiger partial charge in [0.05, 0.1) is 6.61 Å². The highest BCUT2D eigenvalue weighted by molar-refractivity contribution is 5.95. The highest BCUT2D eigenvalue weighted by Gasteiger charge is 2.22. The standard InChI is InChI=1S/C17H23NO4/c1-5-10-21-13(4)17(20)22-12(3)16(19)18-15-9-7-8-14(6-2)11-15/h5,7-9,11-13H,1,6,10H2,2-4H3,(H,18,19). The number of hydrogen-bond acceptors (Lipinski definition) is 4. The first-order valence-electron chi connectivity index (χ1n) is 7.30. The van der Waals surface area contributed by atoms with Crippen LogP contribution >= 0.6 is 0 Å². The van der Waals surface area contributed by atoms with Crippen LogP contribution in [0.15, 0.2) is 36.9 Å². The summed E-state index contributed by atoms with van der Waals surface area (Å²) >= 11 is 0. The molecule has 1 rings (SSSR count). The number of hydrogen-bond donors (Lipinski definition) is 1. The Kier molecular flexibility index (Phi) is 7.32. The fraction of sp³-hybridized carbons (Fsp3) is 0.412. The number of aryl methyl sites for hydroxylation is 1. The van der Waals surface area contributed by atoms with Crippen LogP contribution in [0.4, 0.5) is 5.69 Å². The van der Waals surface area contributed by atoms with Crippen molar-refractivity contribution in [3.63, 3.8) is 0 Å². The van der Waals surface area contributed by atoms with Crippen molar-refractivity contribution in [1.82, 2.24) is 0 Å². The van der Waals surface area contributed by atoms with E-state index in [1.807, 2.05) is 25.1 Å². The molecule has 0 aliphatic carbocycles. The molecular formula is C17H23NO4. The van der Waals surface area contributed by atoms with E-state index in [4.69, 9.17) is 9.47 Å². The number of benzene rings is 1. The van der Waals surface area contributed by atoms with Crippen molar-refractivity contribution in [2.24, 2.45) is 0 Å². The van der Waals surface area contributed by atoms with Crippen LogP contribution in [0.2, 0.25) is 0 Å². The largest absolute Gasteiger partial charge is 0.451 e. The second kappa shape index (κ2) is 9.00. The van der Waals surface area contributed by atoms with Crippen molar-refractivity contribution >= 4 is 17.6 Å². The summed E-state index contributed by atoms with van der Waals surface area (Å²) in [5.41, 5.74) is 1.80. The first kappa shape index (κ1) is 17.9. The SMILES string of the molecule is C=CCOC(C)C(=O)OC(C)C(=O)Nc1cccc(CC)c1. The molecule has 0 saturated heterocycles. The maximum atomic E-state index is 12.0. The van der Waals surface area contributed by atoms with E-state index in [0.29, 0.717) is 5.69 Å². The molecule has 2 atom stereocenters. The van der Waals surface area contributed by atoms with Crippen LogP contribution in [0.25, 0.3) is 0 Å². The molecule has 0 aliphatic heterocycles. The molecule has 0 aliphatic rings. The molecule has 0 spiro atoms. The summed E-state index contributed by atoms with van der Waals surface area (Å²) in [5, 5.41) is 2.73. The van der Waals surface area contributed by atoms with E-state index in [1.165, 1.54) is 6.92 Å². The lowest BCUT2D eigenvalue weighted by Gasteiger charge is -2.16. The summed E-state index contributed by atoms with van der Waals surface area (Å²) in [5.74, 6) is -0.954. The number of nitrogens with one attached hydrogen (secondary N) is 1. The molecule has 0 bridgehead atoms. The number of esters is 1. The number of ether oxygens (including phenoxy) is 2. The second-order valence-corrected chi connectivity index (χ2v) is 4.89. The van der Waals surface area contributed by atoms with Crippen LogP contribution in [-0.4, -0.2) is 30.7 Å². The highest BCUT2D eigenvalue weighted by Crippen LogP contribution is 2.12. The fourth-order valence-electron chi connectivity index (χ4n) is 1.72. The molecule has 5 heteroatoms. The third-order valence-electron chi connectivity index (χ3n) is 3.06. The van der Waals surface area contributed by atoms with Crippen LogP contribution in [0.5, 0.6) is 0 Å². The van der Waals surface area contributed by atoms with Gasteiger partial charge < -0.3 is 14.8 Å². The minimum atomic E-state index is -0.896. The van der Waals surface area contributed by atoms with E-state index in [1.54, 1.807) is 19.1 Å². The Morgan fingerprint density at radius 1 is 1.32 bits per heavy atom. The molecule has 5 nitrogen and oxygen atoms in total. The number of amides is 1. The van der Waals surface area contributed by atoms with Crippen molar-refractivity contribution in [2.75, 3.05) is 11.9 Å². The van der Waals surface area contributed by atoms with Crippen molar-refractivity contribution in [3.8, 4) is 0 Å². The van der Waals surface area contributed by atoms with E-state index >= 15 is 0 Å². The molecule has 120 valence electrons. The van der Waals surface area contributed by atoms with Crippen molar-refractivity contribution in [1.29, 1.82) is 0 Å². The van der Waals surface area contributed by atoms with Gasteiger partial charge >= 0.3 is 5.97 Å². The molecular weight excluding hydrogens is 282 g/mol. The number of carbonyl (C=O) groups excluding carboxylic acids is 2. The summed E-state index contributed by atoms with van der Waals surface area (Å²) < 4.78 is 10.2. The van der Waals surface area contributed by atoms with Crippen LogP contribution in [0, 0.1) is 0 Å². The van der Waals surface area contributed by atoms with Gasteiger partial charge in [-0.25, -0.2) is 4.79 Å². The Balaban J connectivity index is 2.53. The van der Waals surface area contributed by atoms with E-state index in [0.717, 1.165) is 12.0 Å². The molecule has 2 unspecified atom stereocenters. The summed E-state index contributed by atoms with van der Waals surface area (Å²) in [7, 11) is 0. The normalized spacial score (nSPS) is 13.0. The third kappa shape index (κ3) is 5.69. The topological polar surface area (TPSA) is 64.6 Å². The Bertz CT molecular complexity index is 527. The molecule has 22 heavy (non-hydrogen) atoms. The lowest BCUT2D eigenvalue weighted by Crippen LogP contribution is -2.34. The highest BCUT2D eigenvalue weighted by atomic mass is 16.6. The maximum Gasteiger partial charge on any atom is 0.335 e. The molecule has 1 aromatic carbocycles. The second-order valence-electron chi connectivity index (χ2n) is 4.89. The number of carbonyl (C=O) groups is 2. The summed E-state index contributed by atoms with van der Waals surface area (Å²) in [6.45, 7) is 8.88. The van der Waals surface area contributed by atoms with Gasteiger partial charge in [-0.2, -0.15) is 0 Å². The van der Waals surface area contributed by atoms with Crippen LogP contribution in [0.3, 0.4) is 0 Å². The van der Waals surface area contributed by atoms with E-state index in [-0.39, 0.29) is 12.5 Å². The number of anilines is 1. The van der Waals surface area contributed by atoms with Crippen LogP contribution < -0.4 is 5.32 Å². The summed E-state index contributed by atoms with van der Waals surface area (Å²) in [6.07, 6.45) is 0.789. The third-order valence-corrected chi connectivity index (χ3v) is 3.06. The first-order valence-corrected chi connectivity index (χ1v) is 7.30. The zero-order valence-electron chi connectivity index (χ0n) is 13.3. The minimum Gasteiger partial charge on any atom is -0.451 e. The quantitative estimate of drug-likeness (QED) is 0.592. The van der Waals surface area contributed by atoms with Crippen molar-refractivity contribution in [2.45, 2.75) is 39.4 Å². The van der Waals surface area contributed by atoms with Crippen molar-refractivity contribution < 1.29 is 19.1 Å². The van der Waals surface area contributed by atoms with Gasteiger partial charge in [-0.05, 0) is 38.0 Å². The first-order chi connectivity index (χ1) is 10.5. The fourth-order valence-corrected chi connectivity index (χ4v) is 1.72. The van der Waals surface area contributed by atoms with E-state index < -0.39 is 18.2 Å². The lowest BCUT2D eigenvalue weighted by atomic mass is 10.1. The summed E-state index contributed by atoms with van der Waals surface area (Å²) in [4.78, 5) is 23.8. The molecule has 1 N–H and O–H groups in total. The van der Waals surface area contributed by atoms with Gasteiger partial charge in [-0.3, -0.25) is 4.79 Å². The van der Waals surface area contributed by atoms with Crippen LogP contribution in [-0.2, 0) is 25.5 Å². The van der Waals surface area contributed by atoms with Gasteiger partial charge in [0.15, 0.2) is 12.2 Å². The number of rotatable bonds is 8. The van der Waals surface area contributed by atoms with Gasteiger partial charge in [-0.15, -0.1) is 6.58 Å². The smallest absolute Gasteiger partial charge is 0.335 e. The minimum absolute atomic E-state index is 0.251. The zero-order valence-corrected chi connectivity index (χ0v) is 13.3. The van der Waals surface area contributed by atoms with Crippen LogP contribution in [0.1, 0.15) is 26.3 Å². The Hall–Kier alpha value is -2.14. The average molecular weight is 305 g/mol.